The van der Waals surface area contributed by atoms with E-state index in [-0.39, 0.29) is 11.8 Å². The summed E-state index contributed by atoms with van der Waals surface area (Å²) in [6.45, 7) is 6.10. The topological polar surface area (TPSA) is 66.3 Å². The van der Waals surface area contributed by atoms with Crippen molar-refractivity contribution in [1.82, 2.24) is 25.0 Å². The Morgan fingerprint density at radius 3 is 2.52 bits per heavy atom. The molecule has 4 rings (SSSR count). The van der Waals surface area contributed by atoms with E-state index in [2.05, 4.69) is 25.3 Å². The van der Waals surface area contributed by atoms with Crippen molar-refractivity contribution >= 4 is 22.4 Å². The quantitative estimate of drug-likeness (QED) is 0.736. The molecule has 2 aliphatic rings. The van der Waals surface area contributed by atoms with Gasteiger partial charge in [-0.2, -0.15) is 0 Å². The fraction of sp³-hybridized carbons (Fsp3) is 0.632. The molecular weight excluding hydrogens is 360 g/mol. The average Bonchev–Trinajstić information content (AvgIpc) is 3.47. The highest BCUT2D eigenvalue weighted by Gasteiger charge is 2.26. The van der Waals surface area contributed by atoms with E-state index in [1.807, 2.05) is 29.1 Å². The lowest BCUT2D eigenvalue weighted by molar-refractivity contribution is -0.125. The minimum atomic E-state index is 0.130. The molecule has 0 aromatic carbocycles. The number of carbonyl (C=O) groups is 1. The lowest BCUT2D eigenvalue weighted by Crippen LogP contribution is -2.41. The highest BCUT2D eigenvalue weighted by Crippen LogP contribution is 2.27. The molecule has 27 heavy (non-hydrogen) atoms. The van der Waals surface area contributed by atoms with Crippen molar-refractivity contribution in [3.05, 3.63) is 24.5 Å². The Morgan fingerprint density at radius 1 is 1.07 bits per heavy atom. The first-order valence-electron chi connectivity index (χ1n) is 10.0. The van der Waals surface area contributed by atoms with Gasteiger partial charge in [0, 0.05) is 37.9 Å². The van der Waals surface area contributed by atoms with Gasteiger partial charge in [-0.3, -0.25) is 9.36 Å². The van der Waals surface area contributed by atoms with Crippen LogP contribution in [0.1, 0.15) is 32.1 Å². The van der Waals surface area contributed by atoms with Crippen LogP contribution in [0.4, 0.5) is 5.13 Å². The van der Waals surface area contributed by atoms with Crippen LogP contribution in [-0.4, -0.2) is 64.8 Å². The number of nitrogens with one attached hydrogen (secondary N) is 1. The van der Waals surface area contributed by atoms with Gasteiger partial charge in [0.05, 0.1) is 0 Å². The molecule has 1 N–H and O–H groups in total. The minimum Gasteiger partial charge on any atom is -0.356 e. The summed E-state index contributed by atoms with van der Waals surface area (Å²) in [7, 11) is 0. The molecule has 2 saturated heterocycles. The zero-order valence-electron chi connectivity index (χ0n) is 15.7. The highest BCUT2D eigenvalue weighted by molar-refractivity contribution is 7.17. The molecule has 0 bridgehead atoms. The molecule has 4 heterocycles. The summed E-state index contributed by atoms with van der Waals surface area (Å²) in [5.74, 6) is 0.353. The summed E-state index contributed by atoms with van der Waals surface area (Å²) >= 11 is 1.60. The van der Waals surface area contributed by atoms with Gasteiger partial charge in [0.1, 0.15) is 0 Å². The highest BCUT2D eigenvalue weighted by atomic mass is 32.1. The van der Waals surface area contributed by atoms with E-state index in [0.717, 1.165) is 55.7 Å². The van der Waals surface area contributed by atoms with Crippen LogP contribution >= 0.6 is 11.3 Å². The van der Waals surface area contributed by atoms with Crippen molar-refractivity contribution in [2.24, 2.45) is 5.92 Å². The van der Waals surface area contributed by atoms with E-state index < -0.39 is 0 Å². The number of nitrogens with zero attached hydrogens (tertiary/aromatic N) is 5. The molecule has 0 aliphatic carbocycles. The molecule has 0 saturated carbocycles. The number of piperidine rings is 1. The molecule has 146 valence electrons. The van der Waals surface area contributed by atoms with Gasteiger partial charge in [0.2, 0.25) is 16.2 Å². The van der Waals surface area contributed by atoms with Crippen molar-refractivity contribution in [1.29, 1.82) is 0 Å². The largest absolute Gasteiger partial charge is 0.356 e. The lowest BCUT2D eigenvalue weighted by atomic mass is 9.96. The monoisotopic (exact) mass is 388 g/mol. The van der Waals surface area contributed by atoms with Gasteiger partial charge in [0.25, 0.3) is 0 Å². The number of amides is 1. The van der Waals surface area contributed by atoms with Crippen LogP contribution in [0, 0.1) is 5.92 Å². The van der Waals surface area contributed by atoms with Crippen molar-refractivity contribution < 1.29 is 4.79 Å². The maximum Gasteiger partial charge on any atom is 0.223 e. The standard InChI is InChI=1S/C19H28N6OS/c26-17(20-8-5-11-23-9-1-2-10-23)16-6-14-25(15-7-16)19-22-21-18(27-19)24-12-3-4-13-24/h3-4,12-13,16H,1-2,5-11,14-15H2,(H,20,26). The van der Waals surface area contributed by atoms with Crippen LogP contribution in [0.3, 0.4) is 0 Å². The SMILES string of the molecule is O=C(NCCCN1CCCC1)C1CCN(c2nnc(-n3cccc3)s2)CC1. The smallest absolute Gasteiger partial charge is 0.223 e. The number of rotatable bonds is 7. The summed E-state index contributed by atoms with van der Waals surface area (Å²) in [5.41, 5.74) is 0. The van der Waals surface area contributed by atoms with E-state index in [1.54, 1.807) is 11.3 Å². The Kier molecular flexibility index (Phi) is 6.03. The van der Waals surface area contributed by atoms with E-state index >= 15 is 0 Å². The molecule has 0 atom stereocenters. The Morgan fingerprint density at radius 2 is 1.78 bits per heavy atom. The lowest BCUT2D eigenvalue weighted by Gasteiger charge is -2.30. The number of carbonyl (C=O) groups excluding carboxylic acids is 1. The summed E-state index contributed by atoms with van der Waals surface area (Å²) < 4.78 is 1.98. The van der Waals surface area contributed by atoms with Crippen LogP contribution in [0.2, 0.25) is 0 Å². The minimum absolute atomic E-state index is 0.130. The second kappa shape index (κ2) is 8.84. The summed E-state index contributed by atoms with van der Waals surface area (Å²) in [6.07, 6.45) is 9.43. The summed E-state index contributed by atoms with van der Waals surface area (Å²) in [5, 5.41) is 13.6. The van der Waals surface area contributed by atoms with Crippen LogP contribution in [0.5, 0.6) is 0 Å². The van der Waals surface area contributed by atoms with Gasteiger partial charge in [-0.25, -0.2) is 0 Å². The number of hydrogen-bond acceptors (Lipinski definition) is 6. The molecule has 8 heteroatoms. The third-order valence-corrected chi connectivity index (χ3v) is 6.51. The second-order valence-corrected chi connectivity index (χ2v) is 8.35. The molecule has 7 nitrogen and oxygen atoms in total. The Hall–Kier alpha value is -1.93. The predicted molar refractivity (Wildman–Crippen MR) is 107 cm³/mol. The first kappa shape index (κ1) is 18.4. The van der Waals surface area contributed by atoms with Crippen LogP contribution in [0.15, 0.2) is 24.5 Å². The molecular formula is C19H28N6OS. The summed E-state index contributed by atoms with van der Waals surface area (Å²) in [4.78, 5) is 17.2. The van der Waals surface area contributed by atoms with E-state index in [9.17, 15) is 4.79 Å². The third-order valence-electron chi connectivity index (χ3n) is 5.51. The van der Waals surface area contributed by atoms with Crippen molar-refractivity contribution in [2.45, 2.75) is 32.1 Å². The fourth-order valence-electron chi connectivity index (χ4n) is 3.90. The number of aromatic nitrogens is 3. The zero-order chi connectivity index (χ0) is 18.5. The zero-order valence-corrected chi connectivity index (χ0v) is 16.5. The maximum atomic E-state index is 12.4. The molecule has 2 fully saturated rings. The predicted octanol–water partition coefficient (Wildman–Crippen LogP) is 2.15. The molecule has 2 aromatic rings. The van der Waals surface area contributed by atoms with Crippen LogP contribution < -0.4 is 10.2 Å². The number of likely N-dealkylation sites (tertiary alicyclic amines) is 1. The van der Waals surface area contributed by atoms with E-state index in [0.29, 0.717) is 0 Å². The molecule has 0 spiro atoms. The Bertz CT molecular complexity index is 716. The van der Waals surface area contributed by atoms with E-state index in [4.69, 9.17) is 0 Å². The van der Waals surface area contributed by atoms with Crippen molar-refractivity contribution in [3.63, 3.8) is 0 Å². The molecule has 2 aromatic heterocycles. The summed E-state index contributed by atoms with van der Waals surface area (Å²) in [6, 6.07) is 3.96. The normalized spacial score (nSPS) is 18.9. The number of hydrogen-bond donors (Lipinski definition) is 1. The Labute approximate surface area is 164 Å². The van der Waals surface area contributed by atoms with Gasteiger partial charge in [-0.1, -0.05) is 11.3 Å². The van der Waals surface area contributed by atoms with Crippen LogP contribution in [0.25, 0.3) is 5.13 Å². The Balaban J connectivity index is 1.19. The second-order valence-electron chi connectivity index (χ2n) is 7.41. The first-order chi connectivity index (χ1) is 13.3. The number of anilines is 1. The average molecular weight is 389 g/mol. The van der Waals surface area contributed by atoms with Gasteiger partial charge in [-0.15, -0.1) is 10.2 Å². The maximum absolute atomic E-state index is 12.4. The van der Waals surface area contributed by atoms with Gasteiger partial charge >= 0.3 is 0 Å². The van der Waals surface area contributed by atoms with Crippen LogP contribution in [-0.2, 0) is 4.79 Å². The van der Waals surface area contributed by atoms with Gasteiger partial charge in [0.15, 0.2) is 0 Å². The molecule has 0 unspecified atom stereocenters. The molecule has 2 aliphatic heterocycles. The first-order valence-corrected chi connectivity index (χ1v) is 10.8. The van der Waals surface area contributed by atoms with Crippen molar-refractivity contribution in [2.75, 3.05) is 44.2 Å². The molecule has 1 amide bonds. The van der Waals surface area contributed by atoms with Gasteiger partial charge in [-0.05, 0) is 63.9 Å². The third kappa shape index (κ3) is 4.68. The fourth-order valence-corrected chi connectivity index (χ4v) is 4.77. The van der Waals surface area contributed by atoms with Crippen molar-refractivity contribution in [3.8, 4) is 5.13 Å². The molecule has 0 radical (unpaired) electrons. The van der Waals surface area contributed by atoms with Gasteiger partial charge < -0.3 is 15.1 Å². The van der Waals surface area contributed by atoms with E-state index in [1.165, 1.54) is 25.9 Å².